The maximum atomic E-state index is 14.1. The maximum absolute atomic E-state index is 14.1. The zero-order valence-electron chi connectivity index (χ0n) is 24.7. The van der Waals surface area contributed by atoms with Crippen molar-refractivity contribution < 1.29 is 27.5 Å². The number of hydrogen-bond donors (Lipinski definition) is 4. The summed E-state index contributed by atoms with van der Waals surface area (Å²) < 4.78 is 47.0. The van der Waals surface area contributed by atoms with E-state index in [1.54, 1.807) is 42.5 Å². The molecule has 0 saturated carbocycles. The summed E-state index contributed by atoms with van der Waals surface area (Å²) in [6.07, 6.45) is 1.04. The highest BCUT2D eigenvalue weighted by Crippen LogP contribution is 2.37. The van der Waals surface area contributed by atoms with Crippen LogP contribution in [-0.2, 0) is 9.53 Å². The third-order valence-corrected chi connectivity index (χ3v) is 7.35. The van der Waals surface area contributed by atoms with Crippen LogP contribution in [0.2, 0.25) is 5.02 Å². The number of amides is 2. The average molecular weight is 657 g/mol. The Morgan fingerprint density at radius 3 is 2.70 bits per heavy atom. The zero-order valence-corrected chi connectivity index (χ0v) is 25.5. The third-order valence-electron chi connectivity index (χ3n) is 7.12. The van der Waals surface area contributed by atoms with Crippen LogP contribution >= 0.6 is 11.6 Å². The Labute approximate surface area is 268 Å². The number of anilines is 3. The van der Waals surface area contributed by atoms with Gasteiger partial charge in [-0.05, 0) is 66.9 Å². The van der Waals surface area contributed by atoms with Gasteiger partial charge in [-0.2, -0.15) is 18.3 Å². The number of aromatic nitrogens is 1. The van der Waals surface area contributed by atoms with Crippen molar-refractivity contribution >= 4 is 59.8 Å². The van der Waals surface area contributed by atoms with Crippen LogP contribution in [0.5, 0.6) is 0 Å². The van der Waals surface area contributed by atoms with Crippen molar-refractivity contribution in [2.24, 2.45) is 16.0 Å². The first kappa shape index (κ1) is 33.9. The molecule has 0 radical (unpaired) electrons. The summed E-state index contributed by atoms with van der Waals surface area (Å²) in [5, 5.41) is 16.7. The number of halogens is 4. The highest BCUT2D eigenvalue weighted by Gasteiger charge is 2.39. The number of carbonyl (C=O) groups is 2. The van der Waals surface area contributed by atoms with Gasteiger partial charge in [-0.1, -0.05) is 30.5 Å². The number of nitrogens with one attached hydrogen (secondary N) is 3. The highest BCUT2D eigenvalue weighted by molar-refractivity contribution is 6.30. The Morgan fingerprint density at radius 1 is 1.17 bits per heavy atom. The summed E-state index contributed by atoms with van der Waals surface area (Å²) in [7, 11) is 1.19. The lowest BCUT2D eigenvalue weighted by Crippen LogP contribution is -2.36. The lowest BCUT2D eigenvalue weighted by molar-refractivity contribution is -0.144. The number of rotatable bonds is 7. The van der Waals surface area contributed by atoms with E-state index in [-0.39, 0.29) is 24.2 Å². The monoisotopic (exact) mass is 656 g/mol. The molecule has 11 nitrogen and oxygen atoms in total. The standard InChI is InChI=1S/C31H32ClF3N8O3/c1-37-39-18-43(36)27-11-8-21(32)15-20(27)7-12-29(44)42-24-5-3-4-6-28(31(33,34)35)41-25-17-22(40-30(45)46-2)9-10-23(25)19-13-14-38-26(24)16-19/h7-18,24,28,41H,1,3-6,36H2,2H3,(H,40,45)(H,42,44)/b12-7+,39-18-/t24-,28?/m0/s1. The van der Waals surface area contributed by atoms with Crippen LogP contribution in [0.25, 0.3) is 17.2 Å². The molecule has 0 fully saturated rings. The minimum absolute atomic E-state index is 0.165. The number of hydrogen-bond acceptors (Lipinski definition) is 8. The largest absolute Gasteiger partial charge is 0.453 e. The first-order valence-electron chi connectivity index (χ1n) is 14.1. The van der Waals surface area contributed by atoms with Crippen molar-refractivity contribution in [3.8, 4) is 11.1 Å². The van der Waals surface area contributed by atoms with Gasteiger partial charge in [-0.15, -0.1) is 5.10 Å². The molecule has 1 unspecified atom stereocenters. The van der Waals surface area contributed by atoms with E-state index < -0.39 is 30.3 Å². The number of hydrazine groups is 1. The lowest BCUT2D eigenvalue weighted by atomic mass is 9.96. The van der Waals surface area contributed by atoms with Gasteiger partial charge in [0.15, 0.2) is 0 Å². The third kappa shape index (κ3) is 9.05. The lowest BCUT2D eigenvalue weighted by Gasteiger charge is -2.26. The molecule has 46 heavy (non-hydrogen) atoms. The molecule has 2 atom stereocenters. The van der Waals surface area contributed by atoms with Crippen molar-refractivity contribution in [1.82, 2.24) is 10.3 Å². The van der Waals surface area contributed by atoms with Crippen LogP contribution in [0.15, 0.2) is 71.0 Å². The van der Waals surface area contributed by atoms with Gasteiger partial charge < -0.3 is 15.4 Å². The van der Waals surface area contributed by atoms with Crippen molar-refractivity contribution in [2.45, 2.75) is 43.9 Å². The Hall–Kier alpha value is -4.95. The van der Waals surface area contributed by atoms with Crippen LogP contribution in [-0.4, -0.2) is 49.4 Å². The number of ether oxygens (including phenoxy) is 1. The molecule has 0 aliphatic carbocycles. The van der Waals surface area contributed by atoms with Gasteiger partial charge in [0.1, 0.15) is 12.4 Å². The van der Waals surface area contributed by atoms with E-state index in [0.29, 0.717) is 45.9 Å². The molecule has 2 heterocycles. The molecule has 1 aliphatic heterocycles. The molecule has 3 aromatic rings. The second-order valence-electron chi connectivity index (χ2n) is 10.2. The Bertz CT molecular complexity index is 1630. The normalized spacial score (nSPS) is 16.8. The fourth-order valence-corrected chi connectivity index (χ4v) is 5.08. The van der Waals surface area contributed by atoms with Crippen LogP contribution in [0.4, 0.5) is 35.0 Å². The van der Waals surface area contributed by atoms with Gasteiger partial charge in [0, 0.05) is 46.5 Å². The van der Waals surface area contributed by atoms with Gasteiger partial charge in [0.25, 0.3) is 0 Å². The molecule has 1 aliphatic rings. The fourth-order valence-electron chi connectivity index (χ4n) is 4.90. The van der Waals surface area contributed by atoms with E-state index in [1.165, 1.54) is 42.9 Å². The molecule has 4 rings (SSSR count). The molecule has 0 spiro atoms. The molecular weight excluding hydrogens is 625 g/mol. The Morgan fingerprint density at radius 2 is 1.96 bits per heavy atom. The van der Waals surface area contributed by atoms with Crippen LogP contribution in [0, 0.1) is 0 Å². The first-order valence-corrected chi connectivity index (χ1v) is 14.5. The van der Waals surface area contributed by atoms with Crippen LogP contribution < -0.4 is 26.8 Å². The highest BCUT2D eigenvalue weighted by atomic mass is 35.5. The van der Waals surface area contributed by atoms with E-state index in [4.69, 9.17) is 17.4 Å². The summed E-state index contributed by atoms with van der Waals surface area (Å²) in [6.45, 7) is 3.27. The van der Waals surface area contributed by atoms with Crippen molar-refractivity contribution in [3.63, 3.8) is 0 Å². The summed E-state index contributed by atoms with van der Waals surface area (Å²) in [4.78, 5) is 29.4. The number of nitrogens with zero attached hydrogens (tertiary/aromatic N) is 4. The van der Waals surface area contributed by atoms with Gasteiger partial charge >= 0.3 is 12.3 Å². The summed E-state index contributed by atoms with van der Waals surface area (Å²) >= 11 is 6.17. The van der Waals surface area contributed by atoms with Gasteiger partial charge in [-0.3, -0.25) is 20.1 Å². The predicted octanol–water partition coefficient (Wildman–Crippen LogP) is 6.69. The quantitative estimate of drug-likeness (QED) is 0.0728. The molecule has 0 saturated heterocycles. The van der Waals surface area contributed by atoms with E-state index >= 15 is 0 Å². The van der Waals surface area contributed by atoms with E-state index in [9.17, 15) is 22.8 Å². The van der Waals surface area contributed by atoms with Crippen LogP contribution in [0.3, 0.4) is 0 Å². The second-order valence-corrected chi connectivity index (χ2v) is 10.7. The molecule has 1 aromatic heterocycles. The molecule has 2 aromatic carbocycles. The molecular formula is C31H32ClF3N8O3. The smallest absolute Gasteiger partial charge is 0.411 e. The minimum atomic E-state index is -4.54. The first-order chi connectivity index (χ1) is 22.0. The number of pyridine rings is 1. The minimum Gasteiger partial charge on any atom is -0.453 e. The molecule has 2 amide bonds. The number of carbonyl (C=O) groups excluding carboxylic acids is 2. The van der Waals surface area contributed by atoms with Gasteiger partial charge in [0.05, 0.1) is 24.5 Å². The second kappa shape index (κ2) is 15.4. The van der Waals surface area contributed by atoms with E-state index in [0.717, 1.165) is 0 Å². The van der Waals surface area contributed by atoms with Crippen molar-refractivity contribution in [1.29, 1.82) is 0 Å². The summed E-state index contributed by atoms with van der Waals surface area (Å²) in [5.74, 6) is 5.56. The van der Waals surface area contributed by atoms with Gasteiger partial charge in [0.2, 0.25) is 5.91 Å². The van der Waals surface area contributed by atoms with Gasteiger partial charge in [-0.25, -0.2) is 10.6 Å². The number of benzene rings is 2. The zero-order chi connectivity index (χ0) is 33.3. The van der Waals surface area contributed by atoms with E-state index in [1.807, 2.05) is 0 Å². The number of alkyl halides is 3. The Kier molecular flexibility index (Phi) is 11.3. The number of fused-ring (bicyclic) bond motifs is 4. The van der Waals surface area contributed by atoms with Crippen molar-refractivity contribution in [3.05, 3.63) is 77.1 Å². The topological polar surface area (TPSA) is 146 Å². The number of nitrogens with two attached hydrogens (primary N) is 1. The molecule has 5 N–H and O–H groups in total. The predicted molar refractivity (Wildman–Crippen MR) is 174 cm³/mol. The summed E-state index contributed by atoms with van der Waals surface area (Å²) in [5.41, 5.74) is 2.96. The SMILES string of the molecule is C=N/N=C\N(N)c1ccc(Cl)cc1/C=C/C(=O)N[C@H]1CCCCC(C(F)(F)F)Nc2cc(NC(=O)OC)ccc2-c2ccnc1c2. The fraction of sp³-hybridized carbons (Fsp3) is 0.258. The van der Waals surface area contributed by atoms with E-state index in [2.05, 4.69) is 42.6 Å². The number of methoxy groups -OCH3 is 1. The summed E-state index contributed by atoms with van der Waals surface area (Å²) in [6, 6.07) is 10.4. The average Bonchev–Trinajstić information content (AvgIpc) is 3.02. The molecule has 2 bridgehead atoms. The maximum Gasteiger partial charge on any atom is 0.411 e. The van der Waals surface area contributed by atoms with Crippen LogP contribution in [0.1, 0.15) is 43.0 Å². The molecule has 15 heteroatoms. The Balaban J connectivity index is 1.66. The van der Waals surface area contributed by atoms with Crippen molar-refractivity contribution in [2.75, 3.05) is 22.8 Å². The molecule has 242 valence electrons.